The molecule has 2 atom stereocenters. The molecule has 0 bridgehead atoms. The topological polar surface area (TPSA) is 65.9 Å². The Balaban J connectivity index is 1.91. The number of hydrogen-bond acceptors (Lipinski definition) is 6. The molecule has 10 heteroatoms. The molecule has 148 valence electrons. The van der Waals surface area contributed by atoms with Crippen LogP contribution in [0.2, 0.25) is 0 Å². The van der Waals surface area contributed by atoms with E-state index in [0.717, 1.165) is 0 Å². The number of alkyl halides is 3. The van der Waals surface area contributed by atoms with Crippen LogP contribution in [0.5, 0.6) is 0 Å². The number of hydrogen-bond donors (Lipinski definition) is 1. The first-order chi connectivity index (χ1) is 11.9. The molecule has 0 radical (unpaired) electrons. The van der Waals surface area contributed by atoms with Gasteiger partial charge in [-0.25, -0.2) is 9.78 Å². The van der Waals surface area contributed by atoms with Crippen LogP contribution < -0.4 is 0 Å². The van der Waals surface area contributed by atoms with Gasteiger partial charge < -0.3 is 14.7 Å². The van der Waals surface area contributed by atoms with Crippen LogP contribution in [0.3, 0.4) is 0 Å². The molecule has 6 nitrogen and oxygen atoms in total. The molecule has 0 aliphatic carbocycles. The van der Waals surface area contributed by atoms with Crippen molar-refractivity contribution in [3.05, 3.63) is 16.1 Å². The zero-order chi connectivity index (χ0) is 19.7. The predicted molar refractivity (Wildman–Crippen MR) is 90.9 cm³/mol. The molecule has 1 unspecified atom stereocenters. The van der Waals surface area contributed by atoms with Crippen molar-refractivity contribution in [2.45, 2.75) is 51.6 Å². The van der Waals surface area contributed by atoms with E-state index in [0.29, 0.717) is 31.0 Å². The summed E-state index contributed by atoms with van der Waals surface area (Å²) in [5.74, 6) is 0. The van der Waals surface area contributed by atoms with Gasteiger partial charge in [-0.1, -0.05) is 0 Å². The van der Waals surface area contributed by atoms with Crippen LogP contribution in [0.4, 0.5) is 18.0 Å². The first-order valence-corrected chi connectivity index (χ1v) is 9.17. The number of ether oxygens (including phenoxy) is 1. The molecule has 1 aromatic rings. The highest BCUT2D eigenvalue weighted by atomic mass is 32.1. The first kappa shape index (κ1) is 20.9. The monoisotopic (exact) mass is 395 g/mol. The normalized spacial score (nSPS) is 20.9. The van der Waals surface area contributed by atoms with E-state index in [1.807, 2.05) is 11.8 Å². The molecule has 2 heterocycles. The van der Waals surface area contributed by atoms with Crippen molar-refractivity contribution in [1.29, 1.82) is 0 Å². The highest BCUT2D eigenvalue weighted by Crippen LogP contribution is 2.33. The summed E-state index contributed by atoms with van der Waals surface area (Å²) in [4.78, 5) is 19.2. The first-order valence-electron chi connectivity index (χ1n) is 8.29. The summed E-state index contributed by atoms with van der Waals surface area (Å²) in [7, 11) is 0. The van der Waals surface area contributed by atoms with E-state index in [1.54, 1.807) is 25.7 Å². The fraction of sp³-hybridized carbons (Fsp3) is 0.750. The summed E-state index contributed by atoms with van der Waals surface area (Å²) < 4.78 is 43.2. The number of thiazole rings is 1. The van der Waals surface area contributed by atoms with Crippen molar-refractivity contribution in [2.75, 3.05) is 26.2 Å². The van der Waals surface area contributed by atoms with E-state index in [4.69, 9.17) is 4.74 Å². The van der Waals surface area contributed by atoms with Gasteiger partial charge in [-0.05, 0) is 27.7 Å². The average Bonchev–Trinajstić information content (AvgIpc) is 2.95. The molecule has 1 amide bonds. The molecule has 1 aliphatic heterocycles. The Hall–Kier alpha value is -1.39. The lowest BCUT2D eigenvalue weighted by molar-refractivity contribution is -0.137. The summed E-state index contributed by atoms with van der Waals surface area (Å²) in [5, 5.41) is 10.5. The Morgan fingerprint density at radius 3 is 2.58 bits per heavy atom. The van der Waals surface area contributed by atoms with Crippen LogP contribution in [0.25, 0.3) is 0 Å². The van der Waals surface area contributed by atoms with E-state index in [9.17, 15) is 23.1 Å². The number of β-amino-alcohol motifs (C(OH)–C–C–N with tert-alkyl or cyclic N) is 1. The number of rotatable bonds is 3. The molecule has 2 rings (SSSR count). The fourth-order valence-electron chi connectivity index (χ4n) is 2.70. The van der Waals surface area contributed by atoms with Crippen LogP contribution in [-0.2, 0) is 10.9 Å². The minimum Gasteiger partial charge on any atom is -0.444 e. The van der Waals surface area contributed by atoms with Crippen molar-refractivity contribution in [1.82, 2.24) is 14.8 Å². The molecular weight excluding hydrogens is 371 g/mol. The second kappa shape index (κ2) is 7.69. The zero-order valence-corrected chi connectivity index (χ0v) is 16.0. The minimum atomic E-state index is -4.50. The van der Waals surface area contributed by atoms with Gasteiger partial charge in [-0.2, -0.15) is 13.2 Å². The van der Waals surface area contributed by atoms with Crippen molar-refractivity contribution in [2.24, 2.45) is 0 Å². The van der Waals surface area contributed by atoms with Gasteiger partial charge in [-0.3, -0.25) is 4.90 Å². The van der Waals surface area contributed by atoms with Crippen LogP contribution >= 0.6 is 11.3 Å². The number of aliphatic hydroxyl groups excluding tert-OH is 1. The number of halogens is 3. The van der Waals surface area contributed by atoms with E-state index in [-0.39, 0.29) is 24.4 Å². The SMILES string of the molecule is C[C@@H]1CN(CC(O)c2csc(C(F)(F)F)n2)CCN1C(=O)OC(C)(C)C. The molecule has 0 aromatic carbocycles. The maximum Gasteiger partial charge on any atom is 0.443 e. The Morgan fingerprint density at radius 1 is 1.42 bits per heavy atom. The van der Waals surface area contributed by atoms with E-state index in [1.165, 1.54) is 5.38 Å². The third-order valence-electron chi connectivity index (χ3n) is 3.88. The van der Waals surface area contributed by atoms with Crippen LogP contribution in [0.15, 0.2) is 5.38 Å². The largest absolute Gasteiger partial charge is 0.444 e. The molecule has 0 saturated carbocycles. The summed E-state index contributed by atoms with van der Waals surface area (Å²) in [5.41, 5.74) is -0.560. The lowest BCUT2D eigenvalue weighted by atomic mass is 10.1. The van der Waals surface area contributed by atoms with Gasteiger partial charge in [0.25, 0.3) is 0 Å². The van der Waals surface area contributed by atoms with Crippen molar-refractivity contribution in [3.8, 4) is 0 Å². The standard InChI is InChI=1S/C16H24F3N3O3S/c1-10-7-21(5-6-22(10)14(24)25-15(2,3)4)8-12(23)11-9-26-13(20-11)16(17,18)19/h9-10,12,23H,5-8H2,1-4H3/t10-,12?/m1/s1. The second-order valence-electron chi connectivity index (χ2n) is 7.37. The minimum absolute atomic E-state index is 0.0181. The molecule has 1 fully saturated rings. The van der Waals surface area contributed by atoms with Crippen LogP contribution in [-0.4, -0.2) is 63.8 Å². The smallest absolute Gasteiger partial charge is 0.443 e. The Morgan fingerprint density at radius 2 is 2.08 bits per heavy atom. The van der Waals surface area contributed by atoms with Gasteiger partial charge in [0.05, 0.1) is 5.69 Å². The summed E-state index contributed by atoms with van der Waals surface area (Å²) in [6.45, 7) is 8.83. The lowest BCUT2D eigenvalue weighted by Crippen LogP contribution is -2.55. The van der Waals surface area contributed by atoms with Gasteiger partial charge in [-0.15, -0.1) is 11.3 Å². The van der Waals surface area contributed by atoms with E-state index >= 15 is 0 Å². The van der Waals surface area contributed by atoms with E-state index < -0.39 is 22.9 Å². The number of carbonyl (C=O) groups excluding carboxylic acids is 1. The van der Waals surface area contributed by atoms with Gasteiger partial charge in [0.2, 0.25) is 0 Å². The molecule has 1 aromatic heterocycles. The van der Waals surface area contributed by atoms with Crippen LogP contribution in [0.1, 0.15) is 44.5 Å². The summed E-state index contributed by atoms with van der Waals surface area (Å²) in [6.07, 6.45) is -6.00. The third kappa shape index (κ3) is 5.55. The van der Waals surface area contributed by atoms with Gasteiger partial charge >= 0.3 is 12.3 Å². The van der Waals surface area contributed by atoms with E-state index in [2.05, 4.69) is 4.98 Å². The van der Waals surface area contributed by atoms with Crippen molar-refractivity contribution in [3.63, 3.8) is 0 Å². The van der Waals surface area contributed by atoms with Gasteiger partial charge in [0.1, 0.15) is 11.7 Å². The number of piperazine rings is 1. The van der Waals surface area contributed by atoms with Crippen LogP contribution in [0, 0.1) is 0 Å². The Bertz CT molecular complexity index is 630. The molecular formula is C16H24F3N3O3S. The maximum absolute atomic E-state index is 12.6. The van der Waals surface area contributed by atoms with Crippen molar-refractivity contribution >= 4 is 17.4 Å². The Kier molecular flexibility index (Phi) is 6.19. The van der Waals surface area contributed by atoms with Gasteiger partial charge in [0, 0.05) is 37.6 Å². The number of nitrogens with zero attached hydrogens (tertiary/aromatic N) is 3. The third-order valence-corrected chi connectivity index (χ3v) is 4.78. The molecule has 26 heavy (non-hydrogen) atoms. The molecule has 1 N–H and O–H groups in total. The summed E-state index contributed by atoms with van der Waals surface area (Å²) in [6, 6.07) is -0.132. The lowest BCUT2D eigenvalue weighted by Gasteiger charge is -2.40. The number of aromatic nitrogens is 1. The summed E-state index contributed by atoms with van der Waals surface area (Å²) >= 11 is 0.473. The highest BCUT2D eigenvalue weighted by Gasteiger charge is 2.36. The number of carbonyl (C=O) groups is 1. The maximum atomic E-state index is 12.6. The number of amides is 1. The Labute approximate surface area is 154 Å². The highest BCUT2D eigenvalue weighted by molar-refractivity contribution is 7.09. The second-order valence-corrected chi connectivity index (χ2v) is 8.23. The van der Waals surface area contributed by atoms with Crippen molar-refractivity contribution < 1.29 is 27.8 Å². The fourth-order valence-corrected chi connectivity index (χ4v) is 3.43. The molecule has 1 saturated heterocycles. The zero-order valence-electron chi connectivity index (χ0n) is 15.2. The molecule has 0 spiro atoms. The average molecular weight is 395 g/mol. The quantitative estimate of drug-likeness (QED) is 0.852. The predicted octanol–water partition coefficient (Wildman–Crippen LogP) is 3.14. The molecule has 1 aliphatic rings. The van der Waals surface area contributed by atoms with Gasteiger partial charge in [0.15, 0.2) is 5.01 Å². The number of aliphatic hydroxyl groups is 1.